The predicted molar refractivity (Wildman–Crippen MR) is 79.2 cm³/mol. The lowest BCUT2D eigenvalue weighted by Gasteiger charge is -2.20. The second-order valence-corrected chi connectivity index (χ2v) is 4.95. The van der Waals surface area contributed by atoms with E-state index in [9.17, 15) is 14.9 Å². The molecule has 0 saturated heterocycles. The van der Waals surface area contributed by atoms with Crippen molar-refractivity contribution in [1.82, 2.24) is 4.90 Å². The molecule has 0 aromatic heterocycles. The highest BCUT2D eigenvalue weighted by Crippen LogP contribution is 2.27. The van der Waals surface area contributed by atoms with E-state index in [4.69, 9.17) is 21.1 Å². The quantitative estimate of drug-likeness (QED) is 0.612. The van der Waals surface area contributed by atoms with Gasteiger partial charge in [0.05, 0.1) is 11.0 Å². The van der Waals surface area contributed by atoms with Crippen LogP contribution in [0.25, 0.3) is 0 Å². The molecule has 8 nitrogen and oxygen atoms in total. The largest absolute Gasteiger partial charge is 0.488 e. The number of rotatable bonds is 5. The van der Waals surface area contributed by atoms with Gasteiger partial charge in [0.2, 0.25) is 5.90 Å². The molecule has 0 spiro atoms. The van der Waals surface area contributed by atoms with Crippen molar-refractivity contribution in [2.24, 2.45) is 4.99 Å². The molecule has 9 heteroatoms. The second kappa shape index (κ2) is 6.44. The Labute approximate surface area is 130 Å². The van der Waals surface area contributed by atoms with Crippen LogP contribution in [0.3, 0.4) is 0 Å². The number of cyclic esters (lactones) is 1. The monoisotopic (exact) mass is 325 g/mol. The summed E-state index contributed by atoms with van der Waals surface area (Å²) in [5.41, 5.74) is -0.183. The molecule has 2 rings (SSSR count). The van der Waals surface area contributed by atoms with E-state index in [1.165, 1.54) is 30.1 Å². The number of nitro groups is 1. The Kier molecular flexibility index (Phi) is 4.62. The maximum Gasteiger partial charge on any atom is 0.417 e. The number of benzene rings is 1. The third kappa shape index (κ3) is 3.53. The minimum Gasteiger partial charge on any atom is -0.488 e. The van der Waals surface area contributed by atoms with Gasteiger partial charge in [-0.2, -0.15) is 0 Å². The van der Waals surface area contributed by atoms with Gasteiger partial charge in [-0.15, -0.1) is 0 Å². The molecule has 0 radical (unpaired) electrons. The maximum atomic E-state index is 11.5. The van der Waals surface area contributed by atoms with Gasteiger partial charge in [0.1, 0.15) is 24.6 Å². The zero-order valence-corrected chi connectivity index (χ0v) is 12.4. The lowest BCUT2D eigenvalue weighted by molar-refractivity contribution is -0.385. The third-order valence-electron chi connectivity index (χ3n) is 2.71. The maximum absolute atomic E-state index is 11.5. The Bertz CT molecular complexity index is 674. The number of carbonyl (C=O) groups excluding carboxylic acids is 1. The zero-order valence-electron chi connectivity index (χ0n) is 11.6. The summed E-state index contributed by atoms with van der Waals surface area (Å²) in [6.45, 7) is 3.55. The Hall–Kier alpha value is -2.61. The van der Waals surface area contributed by atoms with Gasteiger partial charge in [-0.3, -0.25) is 15.0 Å². The number of hydrogen-bond acceptors (Lipinski definition) is 6. The summed E-state index contributed by atoms with van der Waals surface area (Å²) < 4.78 is 10.2. The summed E-state index contributed by atoms with van der Waals surface area (Å²) in [5, 5.41) is 11.5. The standard InChI is InChI=1S/C13H12ClN3O5/c1-8(14)6-21-9-3-4-10(11(5-9)17(19)20)12-15-7-16(2)13(18)22-12/h3-5H,1,6-7H2,2H3. The molecule has 1 aromatic carbocycles. The first-order chi connectivity index (χ1) is 10.4. The lowest BCUT2D eigenvalue weighted by atomic mass is 10.1. The summed E-state index contributed by atoms with van der Waals surface area (Å²) in [6.07, 6.45) is -0.627. The summed E-state index contributed by atoms with van der Waals surface area (Å²) in [4.78, 5) is 27.3. The number of carbonyl (C=O) groups is 1. The zero-order chi connectivity index (χ0) is 16.3. The molecule has 0 aliphatic carbocycles. The Morgan fingerprint density at radius 3 is 2.95 bits per heavy atom. The molecular weight excluding hydrogens is 314 g/mol. The van der Waals surface area contributed by atoms with Crippen LogP contribution in [0, 0.1) is 10.1 Å². The van der Waals surface area contributed by atoms with Gasteiger partial charge in [0.25, 0.3) is 5.69 Å². The van der Waals surface area contributed by atoms with Crippen molar-refractivity contribution in [3.63, 3.8) is 0 Å². The fourth-order valence-electron chi connectivity index (χ4n) is 1.66. The SMILES string of the molecule is C=C(Cl)COc1ccc(C2=NCN(C)C(=O)O2)c([N+](=O)[O-])c1. The van der Waals surface area contributed by atoms with Crippen molar-refractivity contribution < 1.29 is 19.2 Å². The molecule has 1 aliphatic rings. The first-order valence-electron chi connectivity index (χ1n) is 6.10. The number of aliphatic imine (C=N–C) groups is 1. The molecule has 116 valence electrons. The summed E-state index contributed by atoms with van der Waals surface area (Å²) >= 11 is 5.58. The molecule has 0 N–H and O–H groups in total. The Morgan fingerprint density at radius 2 is 2.36 bits per heavy atom. The topological polar surface area (TPSA) is 94.3 Å². The fourth-order valence-corrected chi connectivity index (χ4v) is 1.71. The Morgan fingerprint density at radius 1 is 1.64 bits per heavy atom. The molecule has 22 heavy (non-hydrogen) atoms. The van der Waals surface area contributed by atoms with Crippen LogP contribution in [0.5, 0.6) is 5.75 Å². The van der Waals surface area contributed by atoms with E-state index in [1.807, 2.05) is 0 Å². The van der Waals surface area contributed by atoms with Crippen molar-refractivity contribution in [2.45, 2.75) is 0 Å². The van der Waals surface area contributed by atoms with E-state index in [-0.39, 0.29) is 41.2 Å². The first kappa shape index (κ1) is 15.8. The van der Waals surface area contributed by atoms with Gasteiger partial charge in [0.15, 0.2) is 0 Å². The summed E-state index contributed by atoms with van der Waals surface area (Å²) in [5.74, 6) is 0.153. The molecule has 0 fully saturated rings. The van der Waals surface area contributed by atoms with Crippen molar-refractivity contribution in [1.29, 1.82) is 0 Å². The summed E-state index contributed by atoms with van der Waals surface area (Å²) in [7, 11) is 1.51. The van der Waals surface area contributed by atoms with Gasteiger partial charge in [-0.1, -0.05) is 18.2 Å². The van der Waals surface area contributed by atoms with Crippen molar-refractivity contribution in [2.75, 3.05) is 20.3 Å². The first-order valence-corrected chi connectivity index (χ1v) is 6.48. The van der Waals surface area contributed by atoms with Crippen LogP contribution in [-0.4, -0.2) is 42.1 Å². The molecule has 1 aromatic rings. The molecule has 1 heterocycles. The highest BCUT2D eigenvalue weighted by Gasteiger charge is 2.27. The van der Waals surface area contributed by atoms with E-state index >= 15 is 0 Å². The van der Waals surface area contributed by atoms with Crippen LogP contribution in [-0.2, 0) is 4.74 Å². The number of halogens is 1. The average molecular weight is 326 g/mol. The predicted octanol–water partition coefficient (Wildman–Crippen LogP) is 2.51. The average Bonchev–Trinajstić information content (AvgIpc) is 2.47. The van der Waals surface area contributed by atoms with Crippen molar-refractivity contribution in [3.8, 4) is 5.75 Å². The molecular formula is C13H12ClN3O5. The van der Waals surface area contributed by atoms with Crippen LogP contribution >= 0.6 is 11.6 Å². The van der Waals surface area contributed by atoms with E-state index in [0.717, 1.165) is 0 Å². The molecule has 1 amide bonds. The fraction of sp³-hybridized carbons (Fsp3) is 0.231. The number of hydrogen-bond donors (Lipinski definition) is 0. The minimum absolute atomic E-state index is 0.0266. The smallest absolute Gasteiger partial charge is 0.417 e. The van der Waals surface area contributed by atoms with E-state index in [2.05, 4.69) is 11.6 Å². The van der Waals surface area contributed by atoms with E-state index in [1.54, 1.807) is 0 Å². The van der Waals surface area contributed by atoms with Crippen molar-refractivity contribution in [3.05, 3.63) is 45.5 Å². The van der Waals surface area contributed by atoms with Crippen molar-refractivity contribution >= 4 is 29.3 Å². The minimum atomic E-state index is -0.627. The highest BCUT2D eigenvalue weighted by atomic mass is 35.5. The molecule has 0 bridgehead atoms. The number of amides is 1. The van der Waals surface area contributed by atoms with Gasteiger partial charge >= 0.3 is 6.09 Å². The summed E-state index contributed by atoms with van der Waals surface area (Å²) in [6, 6.07) is 4.11. The molecule has 0 atom stereocenters. The highest BCUT2D eigenvalue weighted by molar-refractivity contribution is 6.29. The second-order valence-electron chi connectivity index (χ2n) is 4.41. The third-order valence-corrected chi connectivity index (χ3v) is 2.82. The normalized spacial score (nSPS) is 14.2. The number of ether oxygens (including phenoxy) is 2. The van der Waals surface area contributed by atoms with Gasteiger partial charge in [-0.05, 0) is 12.1 Å². The van der Waals surface area contributed by atoms with Crippen LogP contribution in [0.1, 0.15) is 5.56 Å². The van der Waals surface area contributed by atoms with E-state index in [0.29, 0.717) is 0 Å². The molecule has 0 saturated carbocycles. The lowest BCUT2D eigenvalue weighted by Crippen LogP contribution is -2.35. The van der Waals surface area contributed by atoms with Crippen LogP contribution in [0.4, 0.5) is 10.5 Å². The van der Waals surface area contributed by atoms with Gasteiger partial charge in [-0.25, -0.2) is 9.79 Å². The molecule has 1 aliphatic heterocycles. The van der Waals surface area contributed by atoms with Crippen LogP contribution in [0.15, 0.2) is 34.8 Å². The van der Waals surface area contributed by atoms with E-state index < -0.39 is 11.0 Å². The Balaban J connectivity index is 2.33. The van der Waals surface area contributed by atoms with Crippen LogP contribution in [0.2, 0.25) is 0 Å². The number of nitrogens with zero attached hydrogens (tertiary/aromatic N) is 3. The number of nitro benzene ring substituents is 1. The van der Waals surface area contributed by atoms with Gasteiger partial charge in [0, 0.05) is 12.1 Å². The van der Waals surface area contributed by atoms with Crippen LogP contribution < -0.4 is 4.74 Å². The van der Waals surface area contributed by atoms with Gasteiger partial charge < -0.3 is 9.47 Å². The molecule has 0 unspecified atom stereocenters.